The van der Waals surface area contributed by atoms with Crippen molar-refractivity contribution in [1.29, 1.82) is 0 Å². The van der Waals surface area contributed by atoms with E-state index in [0.29, 0.717) is 89.4 Å². The summed E-state index contributed by atoms with van der Waals surface area (Å²) < 4.78 is 56.7. The highest BCUT2D eigenvalue weighted by molar-refractivity contribution is 9.11. The zero-order valence-corrected chi connectivity index (χ0v) is 60.6. The molecule has 12 aromatic rings. The van der Waals surface area contributed by atoms with Gasteiger partial charge < -0.3 is 56.1 Å². The van der Waals surface area contributed by atoms with E-state index in [-0.39, 0.29) is 34.6 Å². The van der Waals surface area contributed by atoms with Gasteiger partial charge in [0.15, 0.2) is 40.0 Å². The number of hydrogen-bond donors (Lipinski definition) is 2. The van der Waals surface area contributed by atoms with E-state index in [9.17, 15) is 9.59 Å². The molecule has 1 aliphatic rings. The number of rotatable bonds is 12. The van der Waals surface area contributed by atoms with Crippen molar-refractivity contribution in [2.45, 2.75) is 59.0 Å². The van der Waals surface area contributed by atoms with Crippen molar-refractivity contribution in [2.75, 3.05) is 26.9 Å². The van der Waals surface area contributed by atoms with Crippen LogP contribution in [-0.2, 0) is 23.5 Å². The minimum Gasteiger partial charge on any atom is -0.506 e. The van der Waals surface area contributed by atoms with Crippen molar-refractivity contribution in [2.24, 2.45) is 0 Å². The molecule has 6 aromatic carbocycles. The number of furan rings is 4. The fourth-order valence-corrected chi connectivity index (χ4v) is 11.8. The molecular formula is C67H56BBr3Cl6N4O14. The second kappa shape index (κ2) is 34.0. The molecule has 0 unspecified atom stereocenters. The predicted octanol–water partition coefficient (Wildman–Crippen LogP) is 20.5. The van der Waals surface area contributed by atoms with Gasteiger partial charge in [-0.3, -0.25) is 0 Å². The second-order valence-electron chi connectivity index (χ2n) is 20.9. The number of aromatic nitrogens is 4. The monoisotopic (exact) mass is 1600 g/mol. The standard InChI is InChI=1S/C14H16BClO3.C14H9ClN2O3.C13H7ClN2O3.C12H16BrClO3.C8H4BrClO.C6H4BrClO/c1-13(2)14(3,4)19-15(18-13)10-7-9-5-6-17-12(9)11(16)8-10;1-19-14(18)12-6-11(16-7-17-12)9-4-8-2-3-20-13(8)10(15)5-9;14-9-4-8(3-7-1-2-19-12(7)9)10-5-11(13(17)18)16-6-15-10;1-3-15-12(16-4-2)8-17-11-6-5-9(13)7-10(11)14;9-6-3-5-1-2-11-8(5)7(10)4-6;7-4-1-2-6(9)5(8)3-4/h5-8H,1-4H3;2-7H,1H3;1-6H,(H,17,18);5-7,12H,3-4,8H2,1-2H3;1-4H;1-3,9H. The molecule has 0 bridgehead atoms. The molecule has 0 spiro atoms. The maximum atomic E-state index is 11.5. The molecule has 1 fully saturated rings. The number of carbonyl (C=O) groups excluding carboxylic acids is 1. The van der Waals surface area contributed by atoms with Crippen molar-refractivity contribution in [1.82, 2.24) is 19.9 Å². The Balaban J connectivity index is 0.000000149. The molecule has 0 saturated carbocycles. The van der Waals surface area contributed by atoms with Crippen molar-refractivity contribution in [3.8, 4) is 34.0 Å². The van der Waals surface area contributed by atoms with E-state index in [0.717, 1.165) is 51.6 Å². The van der Waals surface area contributed by atoms with Crippen LogP contribution in [0.1, 0.15) is 62.5 Å². The SMILES string of the molecule is CC1(C)OB(c2cc(Cl)c3occc3c2)OC1(C)C.CCOC(COc1ccc(Br)cc1Cl)OCC.COC(=O)c1cc(-c2cc(Cl)c3occc3c2)ncn1.Clc1cc(Br)cc2ccoc12.O=C(O)c1cc(-c2cc(Cl)c3occc3c2)ncn1.Oc1ccc(Br)cc1Cl. The molecule has 0 aliphatic carbocycles. The van der Waals surface area contributed by atoms with Gasteiger partial charge in [0.05, 0.1) is 84.9 Å². The number of carbonyl (C=O) groups is 2. The highest BCUT2D eigenvalue weighted by atomic mass is 79.9. The van der Waals surface area contributed by atoms with E-state index in [1.165, 1.54) is 31.9 Å². The third kappa shape index (κ3) is 19.7. The van der Waals surface area contributed by atoms with Gasteiger partial charge in [0.1, 0.15) is 30.8 Å². The first-order valence-corrected chi connectivity index (χ1v) is 33.0. The topological polar surface area (TPSA) is 234 Å². The van der Waals surface area contributed by atoms with Crippen LogP contribution in [0.4, 0.5) is 0 Å². The normalized spacial score (nSPS) is 12.7. The van der Waals surface area contributed by atoms with Crippen LogP contribution in [0.25, 0.3) is 66.4 Å². The minimum atomic E-state index is -1.10. The average molecular weight is 1600 g/mol. The molecule has 13 rings (SSSR count). The molecule has 6 aromatic heterocycles. The molecule has 1 aliphatic heterocycles. The highest BCUT2D eigenvalue weighted by Gasteiger charge is 2.52. The molecular weight excluding hydrogens is 1550 g/mol. The number of nitrogens with zero attached hydrogens (tertiary/aromatic N) is 4. The van der Waals surface area contributed by atoms with Gasteiger partial charge in [-0.15, -0.1) is 0 Å². The summed E-state index contributed by atoms with van der Waals surface area (Å²) in [6, 6.07) is 35.4. The number of fused-ring (bicyclic) bond motifs is 4. The number of carboxylic acids is 1. The lowest BCUT2D eigenvalue weighted by Crippen LogP contribution is -2.41. The number of aromatic carboxylic acids is 1. The van der Waals surface area contributed by atoms with Crippen LogP contribution in [0.5, 0.6) is 11.5 Å². The largest absolute Gasteiger partial charge is 0.506 e. The maximum absolute atomic E-state index is 11.5. The Labute approximate surface area is 600 Å². The zero-order valence-electron chi connectivity index (χ0n) is 51.3. The summed E-state index contributed by atoms with van der Waals surface area (Å²) in [5, 5.41) is 24.6. The van der Waals surface area contributed by atoms with Crippen molar-refractivity contribution >= 4 is 186 Å². The van der Waals surface area contributed by atoms with E-state index in [1.54, 1.807) is 73.6 Å². The van der Waals surface area contributed by atoms with E-state index >= 15 is 0 Å². The lowest BCUT2D eigenvalue weighted by molar-refractivity contribution is -0.152. The fourth-order valence-electron chi connectivity index (χ4n) is 8.66. The van der Waals surface area contributed by atoms with E-state index in [1.807, 2.05) is 102 Å². The Bertz CT molecular complexity index is 4610. The smallest absolute Gasteiger partial charge is 0.494 e. The highest BCUT2D eigenvalue weighted by Crippen LogP contribution is 2.38. The van der Waals surface area contributed by atoms with Gasteiger partial charge in [-0.1, -0.05) is 123 Å². The van der Waals surface area contributed by atoms with Crippen LogP contribution in [0.15, 0.2) is 190 Å². The number of carboxylic acid groups (broad SMARTS) is 1. The lowest BCUT2D eigenvalue weighted by atomic mass is 9.79. The van der Waals surface area contributed by atoms with E-state index in [4.69, 9.17) is 121 Å². The molecule has 28 heteroatoms. The molecule has 95 heavy (non-hydrogen) atoms. The summed E-state index contributed by atoms with van der Waals surface area (Å²) in [4.78, 5) is 38.1. The van der Waals surface area contributed by atoms with E-state index < -0.39 is 19.1 Å². The Kier molecular flexibility index (Phi) is 26.5. The number of aromatic hydroxyl groups is 1. The van der Waals surface area contributed by atoms with Crippen molar-refractivity contribution in [3.63, 3.8) is 0 Å². The Morgan fingerprint density at radius 2 is 0.958 bits per heavy atom. The Hall–Kier alpha value is -6.74. The van der Waals surface area contributed by atoms with Gasteiger partial charge in [-0.2, -0.15) is 0 Å². The van der Waals surface area contributed by atoms with Gasteiger partial charge in [-0.05, 0) is 162 Å². The maximum Gasteiger partial charge on any atom is 0.494 e. The first kappa shape index (κ1) is 74.1. The first-order valence-electron chi connectivity index (χ1n) is 28.4. The van der Waals surface area contributed by atoms with Crippen LogP contribution >= 0.6 is 117 Å². The Morgan fingerprint density at radius 1 is 0.526 bits per heavy atom. The zero-order chi connectivity index (χ0) is 68.7. The quantitative estimate of drug-likeness (QED) is 0.0657. The summed E-state index contributed by atoms with van der Waals surface area (Å²) in [6.07, 6.45) is 8.54. The van der Waals surface area contributed by atoms with Gasteiger partial charge in [0.2, 0.25) is 0 Å². The number of phenols is 1. The van der Waals surface area contributed by atoms with Crippen molar-refractivity contribution < 1.29 is 65.7 Å². The third-order valence-corrected chi connectivity index (χ3v) is 17.1. The van der Waals surface area contributed by atoms with E-state index in [2.05, 4.69) is 72.5 Å². The van der Waals surface area contributed by atoms with Crippen LogP contribution in [-0.4, -0.2) is 93.6 Å². The van der Waals surface area contributed by atoms with Crippen molar-refractivity contribution in [3.05, 3.63) is 214 Å². The number of esters is 1. The average Bonchev–Trinajstić information content (AvgIpc) is 1.64. The molecule has 494 valence electrons. The van der Waals surface area contributed by atoms with Gasteiger partial charge in [-0.25, -0.2) is 29.5 Å². The molecule has 0 amide bonds. The third-order valence-electron chi connectivity index (χ3n) is 14.0. The number of benzene rings is 6. The van der Waals surface area contributed by atoms with Gasteiger partial charge >= 0.3 is 19.1 Å². The van der Waals surface area contributed by atoms with Crippen LogP contribution in [0, 0.1) is 0 Å². The van der Waals surface area contributed by atoms with Crippen LogP contribution in [0.2, 0.25) is 30.1 Å². The molecule has 0 radical (unpaired) electrons. The number of hydrogen-bond acceptors (Lipinski definition) is 17. The summed E-state index contributed by atoms with van der Waals surface area (Å²) in [7, 11) is 0.903. The van der Waals surface area contributed by atoms with Crippen LogP contribution in [0.3, 0.4) is 0 Å². The second-order valence-corrected chi connectivity index (χ2v) is 26.1. The number of phenolic OH excluding ortho intramolecular Hbond substituents is 1. The Morgan fingerprint density at radius 3 is 1.42 bits per heavy atom. The van der Waals surface area contributed by atoms with Crippen LogP contribution < -0.4 is 10.2 Å². The molecule has 18 nitrogen and oxygen atoms in total. The number of ether oxygens (including phenoxy) is 4. The molecule has 2 N–H and O–H groups in total. The lowest BCUT2D eigenvalue weighted by Gasteiger charge is -2.32. The predicted molar refractivity (Wildman–Crippen MR) is 381 cm³/mol. The summed E-state index contributed by atoms with van der Waals surface area (Å²) in [5.41, 5.74) is 5.58. The molecule has 0 atom stereocenters. The van der Waals surface area contributed by atoms with Gasteiger partial charge in [0, 0.05) is 59.3 Å². The summed E-state index contributed by atoms with van der Waals surface area (Å²) in [6.45, 7) is 13.5. The summed E-state index contributed by atoms with van der Waals surface area (Å²) in [5.74, 6) is -0.873. The van der Waals surface area contributed by atoms with Gasteiger partial charge in [0.25, 0.3) is 0 Å². The fraction of sp³-hybridized carbons (Fsp3) is 0.194. The number of halogens is 9. The number of methoxy groups -OCH3 is 1. The first-order chi connectivity index (χ1) is 45.3. The summed E-state index contributed by atoms with van der Waals surface area (Å²) >= 11 is 45.8. The molecule has 1 saturated heterocycles. The minimum absolute atomic E-state index is 0.0617. The molecule has 7 heterocycles.